The van der Waals surface area contributed by atoms with Gasteiger partial charge < -0.3 is 10.3 Å². The molecule has 96 valence electrons. The van der Waals surface area contributed by atoms with E-state index in [0.717, 1.165) is 5.82 Å². The molecule has 2 N–H and O–H groups in total. The Labute approximate surface area is 110 Å². The van der Waals surface area contributed by atoms with E-state index in [4.69, 9.17) is 17.3 Å². The number of aryl methyl sites for hydroxylation is 2. The average Bonchev–Trinajstić information content (AvgIpc) is 2.73. The fourth-order valence-electron chi connectivity index (χ4n) is 2.01. The predicted octanol–water partition coefficient (Wildman–Crippen LogP) is 2.61. The maximum absolute atomic E-state index is 13.7. The van der Waals surface area contributed by atoms with Gasteiger partial charge in [-0.2, -0.15) is 0 Å². The van der Waals surface area contributed by atoms with Gasteiger partial charge in [-0.1, -0.05) is 11.6 Å². The van der Waals surface area contributed by atoms with Crippen molar-refractivity contribution in [2.24, 2.45) is 12.8 Å². The van der Waals surface area contributed by atoms with E-state index in [-0.39, 0.29) is 11.7 Å². The molecule has 1 atom stereocenters. The van der Waals surface area contributed by atoms with Crippen LogP contribution in [0, 0.1) is 12.7 Å². The number of hydrogen-bond acceptors (Lipinski definition) is 2. The van der Waals surface area contributed by atoms with Gasteiger partial charge in [0.1, 0.15) is 11.6 Å². The van der Waals surface area contributed by atoms with E-state index in [2.05, 4.69) is 4.98 Å². The summed E-state index contributed by atoms with van der Waals surface area (Å²) in [5.74, 6) is 0.303. The van der Waals surface area contributed by atoms with Gasteiger partial charge in [0.05, 0.1) is 5.92 Å². The maximum atomic E-state index is 13.7. The molecule has 0 aliphatic rings. The number of imidazole rings is 1. The number of aromatic nitrogens is 2. The van der Waals surface area contributed by atoms with E-state index in [1.807, 2.05) is 17.8 Å². The van der Waals surface area contributed by atoms with Gasteiger partial charge in [-0.15, -0.1) is 0 Å². The Morgan fingerprint density at radius 3 is 2.78 bits per heavy atom. The van der Waals surface area contributed by atoms with Gasteiger partial charge in [-0.25, -0.2) is 9.37 Å². The molecule has 5 heteroatoms. The van der Waals surface area contributed by atoms with Crippen molar-refractivity contribution in [3.8, 4) is 0 Å². The van der Waals surface area contributed by atoms with Gasteiger partial charge in [-0.05, 0) is 30.2 Å². The quantitative estimate of drug-likeness (QED) is 0.929. The molecule has 0 amide bonds. The average molecular weight is 268 g/mol. The highest BCUT2D eigenvalue weighted by molar-refractivity contribution is 6.31. The SMILES string of the molecule is Cc1cc(Cl)c(C(CN)c2nccn2C)cc1F. The second kappa shape index (κ2) is 5.08. The Balaban J connectivity index is 2.52. The summed E-state index contributed by atoms with van der Waals surface area (Å²) in [5, 5.41) is 0.521. The molecular weight excluding hydrogens is 253 g/mol. The number of rotatable bonds is 3. The minimum Gasteiger partial charge on any atom is -0.337 e. The third kappa shape index (κ3) is 2.26. The lowest BCUT2D eigenvalue weighted by molar-refractivity contribution is 0.611. The van der Waals surface area contributed by atoms with Crippen molar-refractivity contribution in [3.05, 3.63) is 52.3 Å². The second-order valence-electron chi connectivity index (χ2n) is 4.31. The Bertz CT molecular complexity index is 565. The topological polar surface area (TPSA) is 43.8 Å². The van der Waals surface area contributed by atoms with Crippen LogP contribution in [0.25, 0.3) is 0 Å². The molecule has 0 spiro atoms. The zero-order valence-electron chi connectivity index (χ0n) is 10.3. The van der Waals surface area contributed by atoms with Crippen LogP contribution in [0.1, 0.15) is 22.9 Å². The van der Waals surface area contributed by atoms with Gasteiger partial charge in [0.15, 0.2) is 0 Å². The molecular formula is C13H15ClFN3. The van der Waals surface area contributed by atoms with Crippen molar-refractivity contribution in [1.29, 1.82) is 0 Å². The monoisotopic (exact) mass is 267 g/mol. The van der Waals surface area contributed by atoms with Crippen molar-refractivity contribution >= 4 is 11.6 Å². The van der Waals surface area contributed by atoms with Gasteiger partial charge in [0.25, 0.3) is 0 Å². The highest BCUT2D eigenvalue weighted by atomic mass is 35.5. The van der Waals surface area contributed by atoms with Crippen LogP contribution in [0.15, 0.2) is 24.5 Å². The van der Waals surface area contributed by atoms with E-state index in [1.54, 1.807) is 19.2 Å². The lowest BCUT2D eigenvalue weighted by atomic mass is 9.97. The number of hydrogen-bond donors (Lipinski definition) is 1. The first-order valence-electron chi connectivity index (χ1n) is 5.67. The van der Waals surface area contributed by atoms with E-state index < -0.39 is 0 Å². The normalized spacial score (nSPS) is 12.7. The third-order valence-corrected chi connectivity index (χ3v) is 3.39. The molecule has 0 saturated heterocycles. The summed E-state index contributed by atoms with van der Waals surface area (Å²) < 4.78 is 15.5. The molecule has 2 rings (SSSR count). The molecule has 0 saturated carbocycles. The Morgan fingerprint density at radius 2 is 2.22 bits per heavy atom. The zero-order valence-corrected chi connectivity index (χ0v) is 11.1. The van der Waals surface area contributed by atoms with E-state index in [0.29, 0.717) is 22.7 Å². The van der Waals surface area contributed by atoms with Gasteiger partial charge in [0.2, 0.25) is 0 Å². The van der Waals surface area contributed by atoms with Gasteiger partial charge in [0, 0.05) is 31.0 Å². The Kier molecular flexibility index (Phi) is 3.68. The molecule has 1 aromatic heterocycles. The number of benzene rings is 1. The largest absolute Gasteiger partial charge is 0.337 e. The molecule has 1 unspecified atom stereocenters. The van der Waals surface area contributed by atoms with Gasteiger partial charge in [-0.3, -0.25) is 0 Å². The number of halogens is 2. The first kappa shape index (κ1) is 13.1. The highest BCUT2D eigenvalue weighted by Crippen LogP contribution is 2.30. The van der Waals surface area contributed by atoms with Crippen LogP contribution in [0.3, 0.4) is 0 Å². The zero-order chi connectivity index (χ0) is 13.3. The lowest BCUT2D eigenvalue weighted by Gasteiger charge is -2.17. The summed E-state index contributed by atoms with van der Waals surface area (Å²) in [5.41, 5.74) is 6.99. The fraction of sp³-hybridized carbons (Fsp3) is 0.308. The van der Waals surface area contributed by atoms with Crippen molar-refractivity contribution < 1.29 is 4.39 Å². The maximum Gasteiger partial charge on any atom is 0.126 e. The molecule has 3 nitrogen and oxygen atoms in total. The van der Waals surface area contributed by atoms with Crippen LogP contribution < -0.4 is 5.73 Å². The minimum absolute atomic E-state index is 0.201. The van der Waals surface area contributed by atoms with Crippen molar-refractivity contribution in [2.45, 2.75) is 12.8 Å². The summed E-state index contributed by atoms with van der Waals surface area (Å²) in [6, 6.07) is 3.07. The summed E-state index contributed by atoms with van der Waals surface area (Å²) in [6.07, 6.45) is 3.52. The standard InChI is InChI=1S/C13H15ClFN3/c1-8-5-11(14)9(6-12(8)15)10(7-16)13-17-3-4-18(13)2/h3-6,10H,7,16H2,1-2H3. The highest BCUT2D eigenvalue weighted by Gasteiger charge is 2.20. The summed E-state index contributed by atoms with van der Waals surface area (Å²) in [4.78, 5) is 4.26. The summed E-state index contributed by atoms with van der Waals surface area (Å²) in [6.45, 7) is 2.01. The Hall–Kier alpha value is -1.39. The third-order valence-electron chi connectivity index (χ3n) is 3.06. The van der Waals surface area contributed by atoms with Crippen LogP contribution in [0.2, 0.25) is 5.02 Å². The van der Waals surface area contributed by atoms with Crippen molar-refractivity contribution in [2.75, 3.05) is 6.54 Å². The number of nitrogens with zero attached hydrogens (tertiary/aromatic N) is 2. The molecule has 1 aromatic carbocycles. The lowest BCUT2D eigenvalue weighted by Crippen LogP contribution is -2.18. The number of nitrogens with two attached hydrogens (primary N) is 1. The summed E-state index contributed by atoms with van der Waals surface area (Å²) in [7, 11) is 1.88. The van der Waals surface area contributed by atoms with Crippen LogP contribution in [0.4, 0.5) is 4.39 Å². The first-order valence-corrected chi connectivity index (χ1v) is 6.05. The van der Waals surface area contributed by atoms with E-state index >= 15 is 0 Å². The predicted molar refractivity (Wildman–Crippen MR) is 70.3 cm³/mol. The Morgan fingerprint density at radius 1 is 1.50 bits per heavy atom. The molecule has 0 aliphatic heterocycles. The molecule has 0 bridgehead atoms. The smallest absolute Gasteiger partial charge is 0.126 e. The molecule has 0 aliphatic carbocycles. The second-order valence-corrected chi connectivity index (χ2v) is 4.71. The molecule has 0 fully saturated rings. The van der Waals surface area contributed by atoms with Gasteiger partial charge >= 0.3 is 0 Å². The van der Waals surface area contributed by atoms with Crippen LogP contribution >= 0.6 is 11.6 Å². The van der Waals surface area contributed by atoms with Crippen LogP contribution in [-0.4, -0.2) is 16.1 Å². The molecule has 2 aromatic rings. The van der Waals surface area contributed by atoms with Crippen LogP contribution in [0.5, 0.6) is 0 Å². The van der Waals surface area contributed by atoms with E-state index in [1.165, 1.54) is 6.07 Å². The fourth-order valence-corrected chi connectivity index (χ4v) is 2.36. The molecule has 1 heterocycles. The molecule has 18 heavy (non-hydrogen) atoms. The van der Waals surface area contributed by atoms with Crippen molar-refractivity contribution in [1.82, 2.24) is 9.55 Å². The van der Waals surface area contributed by atoms with Crippen LogP contribution in [-0.2, 0) is 7.05 Å². The first-order chi connectivity index (χ1) is 8.54. The van der Waals surface area contributed by atoms with Crippen molar-refractivity contribution in [3.63, 3.8) is 0 Å². The molecule has 0 radical (unpaired) electrons. The van der Waals surface area contributed by atoms with E-state index in [9.17, 15) is 4.39 Å². The minimum atomic E-state index is -0.276. The summed E-state index contributed by atoms with van der Waals surface area (Å²) >= 11 is 6.18.